The summed E-state index contributed by atoms with van der Waals surface area (Å²) in [6.07, 6.45) is 16.4. The maximum absolute atomic E-state index is 13.4. The van der Waals surface area contributed by atoms with Gasteiger partial charge < -0.3 is 55.2 Å². The van der Waals surface area contributed by atoms with Crippen LogP contribution in [0.2, 0.25) is 0 Å². The van der Waals surface area contributed by atoms with Crippen LogP contribution in [0.1, 0.15) is 123 Å². The van der Waals surface area contributed by atoms with Gasteiger partial charge in [-0.1, -0.05) is 131 Å². The van der Waals surface area contributed by atoms with Crippen LogP contribution >= 0.6 is 7.82 Å². The predicted molar refractivity (Wildman–Crippen MR) is 250 cm³/mol. The molecular weight excluding hydrogens is 875 g/mol. The third kappa shape index (κ3) is 24.3. The molecule has 17 heteroatoms. The molecule has 9 N–H and O–H groups in total. The summed E-state index contributed by atoms with van der Waals surface area (Å²) < 4.78 is 34.4. The molecule has 0 aromatic carbocycles. The van der Waals surface area contributed by atoms with Crippen molar-refractivity contribution in [2.24, 2.45) is 11.8 Å². The van der Waals surface area contributed by atoms with E-state index in [1.807, 2.05) is 25.2 Å². The monoisotopic (exact) mass is 955 g/mol. The first-order chi connectivity index (χ1) is 31.6. The second kappa shape index (κ2) is 34.2. The number of aliphatic hydroxyl groups is 8. The van der Waals surface area contributed by atoms with Gasteiger partial charge in [-0.3, -0.25) is 18.6 Å². The average Bonchev–Trinajstić information content (AvgIpc) is 3.28. The van der Waals surface area contributed by atoms with Gasteiger partial charge in [0.05, 0.1) is 43.5 Å². The van der Waals surface area contributed by atoms with Crippen LogP contribution in [0.4, 0.5) is 0 Å². The number of ether oxygens (including phenoxy) is 2. The first kappa shape index (κ1) is 59.0. The first-order valence-corrected chi connectivity index (χ1v) is 25.1. The Morgan fingerprint density at radius 1 is 0.742 bits per heavy atom. The first-order valence-electron chi connectivity index (χ1n) is 23.6. The maximum atomic E-state index is 13.4. The minimum absolute atomic E-state index is 0.103. The molecule has 0 aromatic rings. The van der Waals surface area contributed by atoms with E-state index in [0.29, 0.717) is 25.7 Å². The summed E-state index contributed by atoms with van der Waals surface area (Å²) in [4.78, 5) is 36.4. The largest absolute Gasteiger partial charge is 0.472 e. The SMILES string of the molecule is CCCCC/C=C\C/C=C\C/C=C\C/C=C\C/C=C\CCC(=O)O[C@@H]1COC(=O)C/C=C\C[C@H]2[C@@H](O)[C@H](O)[C@@H](O)[C@H](OP(=O)(O)OC1)[C@H](O)[C@H](O)[C@@H](/C=C/[C@H](O)CCCCC)[C@H](O)C[C@@H]2O. The number of rotatable bonds is 22. The van der Waals surface area contributed by atoms with E-state index < -0.39 is 112 Å². The number of esters is 2. The van der Waals surface area contributed by atoms with Gasteiger partial charge >= 0.3 is 19.8 Å². The number of aliphatic hydroxyl groups excluding tert-OH is 8. The Balaban J connectivity index is 2.14. The third-order valence-electron chi connectivity index (χ3n) is 11.3. The average molecular weight is 955 g/mol. The second-order valence-corrected chi connectivity index (χ2v) is 18.3. The lowest BCUT2D eigenvalue weighted by molar-refractivity contribution is -0.166. The van der Waals surface area contributed by atoms with Gasteiger partial charge in [0.25, 0.3) is 0 Å². The number of phosphoric ester groups is 1. The van der Waals surface area contributed by atoms with Crippen molar-refractivity contribution in [3.8, 4) is 0 Å². The zero-order chi connectivity index (χ0) is 48.7. The number of phosphoric acid groups is 1. The minimum Gasteiger partial charge on any atom is -0.461 e. The van der Waals surface area contributed by atoms with Gasteiger partial charge in [-0.25, -0.2) is 4.57 Å². The molecule has 0 amide bonds. The molecule has 0 aromatic heterocycles. The molecule has 0 spiro atoms. The van der Waals surface area contributed by atoms with Crippen molar-refractivity contribution in [3.05, 3.63) is 85.1 Å². The summed E-state index contributed by atoms with van der Waals surface area (Å²) in [6.45, 7) is 2.68. The van der Waals surface area contributed by atoms with Crippen LogP contribution < -0.4 is 0 Å². The van der Waals surface area contributed by atoms with Gasteiger partial charge in [-0.05, 0) is 57.8 Å². The van der Waals surface area contributed by atoms with Crippen molar-refractivity contribution in [3.63, 3.8) is 0 Å². The molecule has 2 aliphatic rings. The number of hydrogen-bond acceptors (Lipinski definition) is 15. The fraction of sp³-hybridized carbons (Fsp3) is 0.673. The fourth-order valence-electron chi connectivity index (χ4n) is 7.36. The van der Waals surface area contributed by atoms with E-state index >= 15 is 0 Å². The lowest BCUT2D eigenvalue weighted by Crippen LogP contribution is -2.55. The molecule has 2 bridgehead atoms. The fourth-order valence-corrected chi connectivity index (χ4v) is 8.33. The van der Waals surface area contributed by atoms with Crippen LogP contribution in [0.15, 0.2) is 85.1 Å². The zero-order valence-corrected chi connectivity index (χ0v) is 39.7. The van der Waals surface area contributed by atoms with Gasteiger partial charge in [-0.15, -0.1) is 0 Å². The summed E-state index contributed by atoms with van der Waals surface area (Å²) in [6, 6.07) is 0. The van der Waals surface area contributed by atoms with E-state index in [0.717, 1.165) is 38.5 Å². The molecule has 376 valence electrons. The molecule has 0 radical (unpaired) electrons. The van der Waals surface area contributed by atoms with E-state index in [4.69, 9.17) is 18.5 Å². The predicted octanol–water partition coefficient (Wildman–Crippen LogP) is 5.66. The number of hydrogen-bond donors (Lipinski definition) is 9. The van der Waals surface area contributed by atoms with Crippen LogP contribution in [0.25, 0.3) is 0 Å². The number of cyclic esters (lactones) is 1. The number of unbranched alkanes of at least 4 members (excludes halogenated alkanes) is 5. The number of carbonyl (C=O) groups is 2. The third-order valence-corrected chi connectivity index (χ3v) is 12.3. The Labute approximate surface area is 391 Å². The molecule has 1 heterocycles. The highest BCUT2D eigenvalue weighted by molar-refractivity contribution is 7.47. The van der Waals surface area contributed by atoms with E-state index in [1.54, 1.807) is 6.08 Å². The van der Waals surface area contributed by atoms with Crippen LogP contribution in [-0.2, 0) is 32.7 Å². The summed E-state index contributed by atoms with van der Waals surface area (Å²) >= 11 is 0. The van der Waals surface area contributed by atoms with Gasteiger partial charge in [0.15, 0.2) is 6.10 Å². The standard InChI is InChI=1S/C49H79O16P/c1-3-5-7-8-9-10-11-12-13-14-15-16-17-18-19-20-21-22-24-30-43(54)64-37-34-62-42(53)29-26-25-28-38-40(51)33-41(52)39(32-31-36(50)27-23-6-4-2)45(56)47(58)49(48(59)46(57)44(38)55)65-66(60,61)63-35-37/h9-10,12-13,15-16,18-19,21-22,25-26,31-32,36-41,44-52,55-59H,3-8,11,14,17,20,23-24,27-30,33-35H2,1-2H3,(H,60,61)/b10-9-,13-12-,16-15-,19-18-,22-21-,26-25-,32-31+/t36-,37-,38-,39+,40+,41-,44-,45-,46+,47-,48-,49-/m1/s1. The van der Waals surface area contributed by atoms with Crippen LogP contribution in [0.3, 0.4) is 0 Å². The normalized spacial score (nSPS) is 32.5. The summed E-state index contributed by atoms with van der Waals surface area (Å²) in [7, 11) is -5.46. The van der Waals surface area contributed by atoms with Crippen LogP contribution in [-0.4, -0.2) is 132 Å². The Hall–Kier alpha value is -3.09. The molecule has 66 heavy (non-hydrogen) atoms. The zero-order valence-electron chi connectivity index (χ0n) is 38.8. The van der Waals surface area contributed by atoms with Crippen LogP contribution in [0.5, 0.6) is 0 Å². The summed E-state index contributed by atoms with van der Waals surface area (Å²) in [5.74, 6) is -4.39. The highest BCUT2D eigenvalue weighted by atomic mass is 31.2. The molecule has 1 aliphatic carbocycles. The molecule has 1 unspecified atom stereocenters. The quantitative estimate of drug-likeness (QED) is 0.0274. The van der Waals surface area contributed by atoms with Gasteiger partial charge in [0.1, 0.15) is 31.0 Å². The van der Waals surface area contributed by atoms with Gasteiger partial charge in [0.2, 0.25) is 0 Å². The van der Waals surface area contributed by atoms with Crippen molar-refractivity contribution in [1.29, 1.82) is 0 Å². The van der Waals surface area contributed by atoms with Crippen LogP contribution in [0, 0.1) is 11.8 Å². The molecular formula is C49H79O16P. The Morgan fingerprint density at radius 3 is 1.94 bits per heavy atom. The lowest BCUT2D eigenvalue weighted by atomic mass is 9.83. The molecule has 16 nitrogen and oxygen atoms in total. The molecule has 13 atom stereocenters. The molecule has 1 saturated carbocycles. The van der Waals surface area contributed by atoms with Crippen molar-refractivity contribution in [1.82, 2.24) is 0 Å². The number of fused-ring (bicyclic) bond motifs is 4. The van der Waals surface area contributed by atoms with Crippen molar-refractivity contribution in [2.75, 3.05) is 13.2 Å². The van der Waals surface area contributed by atoms with E-state index in [9.17, 15) is 59.9 Å². The number of carbonyl (C=O) groups excluding carboxylic acids is 2. The van der Waals surface area contributed by atoms with Gasteiger partial charge in [0, 0.05) is 24.7 Å². The van der Waals surface area contributed by atoms with Crippen molar-refractivity contribution < 1.29 is 78.4 Å². The van der Waals surface area contributed by atoms with E-state index in [2.05, 4.69) is 43.4 Å². The van der Waals surface area contributed by atoms with Crippen molar-refractivity contribution >= 4 is 19.8 Å². The smallest absolute Gasteiger partial charge is 0.461 e. The lowest BCUT2D eigenvalue weighted by Gasteiger charge is -2.37. The minimum atomic E-state index is -5.46. The summed E-state index contributed by atoms with van der Waals surface area (Å²) in [5, 5.41) is 89.6. The second-order valence-electron chi connectivity index (χ2n) is 16.9. The Kier molecular flexibility index (Phi) is 30.6. The molecule has 1 aliphatic heterocycles. The molecule has 1 fully saturated rings. The van der Waals surface area contributed by atoms with E-state index in [1.165, 1.54) is 43.6 Å². The van der Waals surface area contributed by atoms with Gasteiger partial charge in [-0.2, -0.15) is 0 Å². The summed E-state index contributed by atoms with van der Waals surface area (Å²) in [5.41, 5.74) is 0. The molecule has 2 rings (SSSR count). The highest BCUT2D eigenvalue weighted by Gasteiger charge is 2.49. The highest BCUT2D eigenvalue weighted by Crippen LogP contribution is 2.47. The number of allylic oxidation sites excluding steroid dienone is 11. The molecule has 0 saturated heterocycles. The van der Waals surface area contributed by atoms with Crippen molar-refractivity contribution in [2.45, 2.75) is 184 Å². The topological polar surface area (TPSA) is 270 Å². The Morgan fingerprint density at radius 2 is 1.32 bits per heavy atom. The maximum Gasteiger partial charge on any atom is 0.472 e. The Bertz CT molecular complexity index is 1610. The van der Waals surface area contributed by atoms with E-state index in [-0.39, 0.29) is 19.3 Å².